The van der Waals surface area contributed by atoms with Gasteiger partial charge < -0.3 is 0 Å². The number of hydrogen-bond acceptors (Lipinski definition) is 0. The van der Waals surface area contributed by atoms with Gasteiger partial charge in [-0.25, -0.2) is 8.78 Å². The lowest BCUT2D eigenvalue weighted by Crippen LogP contribution is -2.59. The second-order valence-electron chi connectivity index (χ2n) is 4.49. The molecular weight excluding hydrogens is 450 g/mol. The van der Waals surface area contributed by atoms with Gasteiger partial charge in [0.25, 0.3) is 0 Å². The van der Waals surface area contributed by atoms with Crippen LogP contribution in [-0.4, -0.2) is 42.2 Å². The molecule has 0 saturated carbocycles. The molecule has 0 fully saturated rings. The molecule has 0 amide bonds. The van der Waals surface area contributed by atoms with E-state index in [1.165, 1.54) is 0 Å². The predicted molar refractivity (Wildman–Crippen MR) is 46.1 cm³/mol. The first-order chi connectivity index (χ1) is 11.3. The zero-order valence-corrected chi connectivity index (χ0v) is 11.3. The van der Waals surface area contributed by atoms with E-state index >= 15 is 0 Å². The summed E-state index contributed by atoms with van der Waals surface area (Å²) >= 11 is 0. The molecule has 162 valence electrons. The molecule has 0 radical (unpaired) electrons. The first-order valence-electron chi connectivity index (χ1n) is 5.40. The van der Waals surface area contributed by atoms with Gasteiger partial charge in [0.05, 0.1) is 0 Å². The van der Waals surface area contributed by atoms with Crippen molar-refractivity contribution < 1.29 is 79.0 Å². The third-order valence-electron chi connectivity index (χ3n) is 2.65. The molecule has 0 heterocycles. The fourth-order valence-corrected chi connectivity index (χ4v) is 1.36. The molecule has 0 nitrogen and oxygen atoms in total. The number of hydrogen-bond donors (Lipinski definition) is 0. The normalized spacial score (nSPS) is 17.1. The summed E-state index contributed by atoms with van der Waals surface area (Å²) in [6.07, 6.45) is -31.1. The Balaban J connectivity index is 7.35. The van der Waals surface area contributed by atoms with Gasteiger partial charge in [-0.2, -0.15) is 70.2 Å². The zero-order valence-electron chi connectivity index (χ0n) is 11.3. The summed E-state index contributed by atoms with van der Waals surface area (Å²) in [7, 11) is 0. The monoisotopic (exact) mass is 450 g/mol. The van der Waals surface area contributed by atoms with Gasteiger partial charge in [-0.15, -0.1) is 0 Å². The van der Waals surface area contributed by atoms with E-state index in [-0.39, 0.29) is 0 Å². The maximum atomic E-state index is 13.2. The van der Waals surface area contributed by atoms with Crippen LogP contribution in [0.2, 0.25) is 0 Å². The molecule has 0 aliphatic carbocycles. The molecule has 0 atom stereocenters. The molecule has 0 aliphatic rings. The van der Waals surface area contributed by atoms with Gasteiger partial charge in [0.1, 0.15) is 5.57 Å². The third kappa shape index (κ3) is 3.88. The number of allylic oxidation sites excluding steroid dienone is 2. The van der Waals surface area contributed by atoms with E-state index < -0.39 is 53.6 Å². The van der Waals surface area contributed by atoms with Crippen LogP contribution >= 0.6 is 0 Å². The molecule has 0 aromatic heterocycles. The van der Waals surface area contributed by atoms with E-state index in [4.69, 9.17) is 0 Å². The molecule has 27 heavy (non-hydrogen) atoms. The van der Waals surface area contributed by atoms with Crippen molar-refractivity contribution >= 4 is 0 Å². The van der Waals surface area contributed by atoms with Crippen molar-refractivity contribution in [2.24, 2.45) is 0 Å². The summed E-state index contributed by atoms with van der Waals surface area (Å²) in [5.41, 5.74) is -13.6. The van der Waals surface area contributed by atoms with E-state index in [1.54, 1.807) is 0 Å². The molecule has 0 rings (SSSR count). The van der Waals surface area contributed by atoms with Crippen LogP contribution in [0.1, 0.15) is 0 Å². The van der Waals surface area contributed by atoms with Crippen LogP contribution in [0.25, 0.3) is 0 Å². The predicted octanol–water partition coefficient (Wildman–Crippen LogP) is 6.44. The SMILES string of the molecule is F/C(=C(\C(F)(F)F)C(F)(F)C(F)(F)C(F)(F)F)C(F)(C(F)(F)F)C(F)(F)F. The average Bonchev–Trinajstić information content (AvgIpc) is 2.30. The molecule has 0 saturated heterocycles. The highest BCUT2D eigenvalue weighted by atomic mass is 19.4. The first kappa shape index (κ1) is 25.5. The maximum Gasteiger partial charge on any atom is 0.460 e. The minimum Gasteiger partial charge on any atom is -0.215 e. The Morgan fingerprint density at radius 3 is 0.926 bits per heavy atom. The Morgan fingerprint density at radius 2 is 0.741 bits per heavy atom. The Labute approximate surface area is 134 Å². The number of halogens is 18. The van der Waals surface area contributed by atoms with Crippen LogP contribution in [0.3, 0.4) is 0 Å². The number of alkyl halides is 17. The van der Waals surface area contributed by atoms with Crippen molar-refractivity contribution in [3.63, 3.8) is 0 Å². The molecule has 0 N–H and O–H groups in total. The quantitative estimate of drug-likeness (QED) is 0.435. The van der Waals surface area contributed by atoms with Crippen molar-refractivity contribution in [3.05, 3.63) is 11.4 Å². The molecule has 0 aromatic rings. The van der Waals surface area contributed by atoms with Crippen molar-refractivity contribution in [2.45, 2.75) is 42.2 Å². The standard InChI is InChI=1S/C9F18/c10-2(3(11,7(19,20)21)8(22,23)24)1(5(14,15)16)4(12,13)6(17,18)9(25,26)27/b2-1-. The van der Waals surface area contributed by atoms with Gasteiger partial charge in [0, 0.05) is 0 Å². The minimum absolute atomic E-state index is 5.64. The highest BCUT2D eigenvalue weighted by Gasteiger charge is 2.82. The van der Waals surface area contributed by atoms with E-state index in [0.717, 1.165) is 0 Å². The number of rotatable bonds is 3. The van der Waals surface area contributed by atoms with Crippen LogP contribution in [0.4, 0.5) is 79.0 Å². The van der Waals surface area contributed by atoms with Crippen LogP contribution < -0.4 is 0 Å². The molecule has 0 unspecified atom stereocenters. The fraction of sp³-hybridized carbons (Fsp3) is 0.778. The summed E-state index contributed by atoms with van der Waals surface area (Å²) in [5.74, 6) is -21.8. The highest BCUT2D eigenvalue weighted by molar-refractivity contribution is 5.34. The lowest BCUT2D eigenvalue weighted by molar-refractivity contribution is -0.355. The van der Waals surface area contributed by atoms with E-state index in [9.17, 15) is 79.0 Å². The smallest absolute Gasteiger partial charge is 0.215 e. The molecule has 0 spiro atoms. The molecule has 0 aromatic carbocycles. The molecule has 18 heteroatoms. The Kier molecular flexibility index (Phi) is 5.90. The van der Waals surface area contributed by atoms with E-state index in [2.05, 4.69) is 0 Å². The van der Waals surface area contributed by atoms with Crippen LogP contribution in [-0.2, 0) is 0 Å². The summed E-state index contributed by atoms with van der Waals surface area (Å²) in [5, 5.41) is 0. The summed E-state index contributed by atoms with van der Waals surface area (Å²) < 4.78 is 223. The topological polar surface area (TPSA) is 0 Å². The zero-order chi connectivity index (χ0) is 22.7. The van der Waals surface area contributed by atoms with Gasteiger partial charge in [-0.05, 0) is 0 Å². The van der Waals surface area contributed by atoms with Crippen molar-refractivity contribution in [3.8, 4) is 0 Å². The maximum absolute atomic E-state index is 13.2. The summed E-state index contributed by atoms with van der Waals surface area (Å²) in [6, 6.07) is 0. The third-order valence-corrected chi connectivity index (χ3v) is 2.65. The molecule has 0 bridgehead atoms. The van der Waals surface area contributed by atoms with Gasteiger partial charge >= 0.3 is 42.2 Å². The second-order valence-corrected chi connectivity index (χ2v) is 4.49. The Hall–Kier alpha value is -1.52. The molecular formula is C9F18. The van der Waals surface area contributed by atoms with Crippen LogP contribution in [0.15, 0.2) is 11.4 Å². The van der Waals surface area contributed by atoms with Gasteiger partial charge in [-0.3, -0.25) is 0 Å². The average molecular weight is 450 g/mol. The van der Waals surface area contributed by atoms with Gasteiger partial charge in [0.15, 0.2) is 5.83 Å². The first-order valence-corrected chi connectivity index (χ1v) is 5.40. The lowest BCUT2D eigenvalue weighted by Gasteiger charge is -2.34. The molecule has 0 aliphatic heterocycles. The lowest BCUT2D eigenvalue weighted by atomic mass is 9.92. The van der Waals surface area contributed by atoms with Crippen molar-refractivity contribution in [2.75, 3.05) is 0 Å². The summed E-state index contributed by atoms with van der Waals surface area (Å²) in [6.45, 7) is 0. The second kappa shape index (κ2) is 6.25. The Bertz CT molecular complexity index is 562. The van der Waals surface area contributed by atoms with Crippen LogP contribution in [0, 0.1) is 0 Å². The van der Waals surface area contributed by atoms with E-state index in [0.29, 0.717) is 0 Å². The van der Waals surface area contributed by atoms with Crippen LogP contribution in [0.5, 0.6) is 0 Å². The van der Waals surface area contributed by atoms with Gasteiger partial charge in [-0.1, -0.05) is 0 Å². The van der Waals surface area contributed by atoms with E-state index in [1.807, 2.05) is 0 Å². The minimum atomic E-state index is -8.12. The van der Waals surface area contributed by atoms with Gasteiger partial charge in [0.2, 0.25) is 0 Å². The van der Waals surface area contributed by atoms with Crippen molar-refractivity contribution in [1.29, 1.82) is 0 Å². The Morgan fingerprint density at radius 1 is 0.444 bits per heavy atom. The fourth-order valence-electron chi connectivity index (χ4n) is 1.36. The highest BCUT2D eigenvalue weighted by Crippen LogP contribution is 2.59. The van der Waals surface area contributed by atoms with Crippen molar-refractivity contribution in [1.82, 2.24) is 0 Å². The largest absolute Gasteiger partial charge is 0.460 e. The summed E-state index contributed by atoms with van der Waals surface area (Å²) in [4.78, 5) is 0.